The predicted molar refractivity (Wildman–Crippen MR) is 100 cm³/mol. The second-order valence-electron chi connectivity index (χ2n) is 6.55. The number of fused-ring (bicyclic) bond motifs is 1. The van der Waals surface area contributed by atoms with Crippen molar-refractivity contribution >= 4 is 17.3 Å². The van der Waals surface area contributed by atoms with Crippen LogP contribution >= 0.6 is 11.3 Å². The molecule has 156 valence electrons. The molecule has 0 amide bonds. The number of nitrogens with zero attached hydrogens (tertiary/aromatic N) is 5. The second kappa shape index (κ2) is 8.78. The van der Waals surface area contributed by atoms with Crippen LogP contribution < -0.4 is 0 Å². The normalized spacial score (nSPS) is 14.2. The Hall–Kier alpha value is -2.66. The number of hydrogen-bond donors (Lipinski definition) is 1. The van der Waals surface area contributed by atoms with Crippen LogP contribution in [0.15, 0.2) is 36.8 Å². The molecular weight excluding hydrogens is 407 g/mol. The zero-order chi connectivity index (χ0) is 21.0. The van der Waals surface area contributed by atoms with Crippen LogP contribution in [0.3, 0.4) is 0 Å². The number of rotatable bonds is 4. The average molecular weight is 427 g/mol. The third-order valence-electron chi connectivity index (χ3n) is 4.33. The van der Waals surface area contributed by atoms with Gasteiger partial charge in [-0.2, -0.15) is 18.3 Å². The second-order valence-corrected chi connectivity index (χ2v) is 7.92. The molecule has 11 heteroatoms. The monoisotopic (exact) mass is 427 g/mol. The molecule has 0 bridgehead atoms. The molecule has 1 N–H and O–H groups in total. The minimum atomic E-state index is -5.08. The third-order valence-corrected chi connectivity index (χ3v) is 5.31. The van der Waals surface area contributed by atoms with Crippen LogP contribution in [-0.4, -0.2) is 48.0 Å². The lowest BCUT2D eigenvalue weighted by molar-refractivity contribution is -0.192. The van der Waals surface area contributed by atoms with Crippen molar-refractivity contribution in [3.63, 3.8) is 0 Å². The minimum absolute atomic E-state index is 0.796. The molecule has 0 radical (unpaired) electrons. The molecule has 1 aliphatic rings. The fraction of sp³-hybridized carbons (Fsp3) is 0.389. The Kier molecular flexibility index (Phi) is 6.38. The Balaban J connectivity index is 0.000000298. The highest BCUT2D eigenvalue weighted by atomic mass is 32.1. The van der Waals surface area contributed by atoms with Gasteiger partial charge >= 0.3 is 12.1 Å². The van der Waals surface area contributed by atoms with Gasteiger partial charge in [0.1, 0.15) is 5.82 Å². The first kappa shape index (κ1) is 21.1. The van der Waals surface area contributed by atoms with E-state index in [1.54, 1.807) is 0 Å². The third kappa shape index (κ3) is 5.67. The molecule has 3 aromatic rings. The number of carboxylic acid groups (broad SMARTS) is 1. The van der Waals surface area contributed by atoms with E-state index in [1.165, 1.54) is 21.3 Å². The molecule has 4 rings (SSSR count). The zero-order valence-corrected chi connectivity index (χ0v) is 16.4. The molecular formula is C18H20F3N5O2S. The molecule has 0 aliphatic carbocycles. The average Bonchev–Trinajstić information content (AvgIpc) is 3.38. The van der Waals surface area contributed by atoms with Gasteiger partial charge in [0.2, 0.25) is 0 Å². The molecule has 4 heterocycles. The summed E-state index contributed by atoms with van der Waals surface area (Å²) in [4.78, 5) is 18.8. The molecule has 1 aliphatic heterocycles. The number of aryl methyl sites for hydroxylation is 1. The number of aromatic nitrogens is 4. The van der Waals surface area contributed by atoms with E-state index in [-0.39, 0.29) is 0 Å². The zero-order valence-electron chi connectivity index (χ0n) is 15.6. The van der Waals surface area contributed by atoms with Crippen molar-refractivity contribution in [3.05, 3.63) is 58.1 Å². The number of hydrogen-bond acceptors (Lipinski definition) is 5. The molecule has 0 fully saturated rings. The van der Waals surface area contributed by atoms with Crippen molar-refractivity contribution in [1.82, 2.24) is 24.2 Å². The summed E-state index contributed by atoms with van der Waals surface area (Å²) in [6.07, 6.45) is 0.724. The summed E-state index contributed by atoms with van der Waals surface area (Å²) in [6, 6.07) is 6.40. The van der Waals surface area contributed by atoms with Crippen molar-refractivity contribution in [2.24, 2.45) is 0 Å². The lowest BCUT2D eigenvalue weighted by Gasteiger charge is -2.28. The van der Waals surface area contributed by atoms with Crippen LogP contribution in [0.2, 0.25) is 0 Å². The summed E-state index contributed by atoms with van der Waals surface area (Å²) in [7, 11) is 0. The summed E-state index contributed by atoms with van der Waals surface area (Å²) in [6.45, 7) is 7.00. The Morgan fingerprint density at radius 2 is 2.03 bits per heavy atom. The maximum atomic E-state index is 10.6. The highest BCUT2D eigenvalue weighted by Crippen LogP contribution is 2.21. The van der Waals surface area contributed by atoms with Crippen molar-refractivity contribution in [1.29, 1.82) is 0 Å². The van der Waals surface area contributed by atoms with Gasteiger partial charge in [-0.3, -0.25) is 9.58 Å². The number of imidazole rings is 1. The van der Waals surface area contributed by atoms with Crippen molar-refractivity contribution in [2.45, 2.75) is 39.3 Å². The molecule has 0 atom stereocenters. The number of halogens is 3. The van der Waals surface area contributed by atoms with Gasteiger partial charge in [0.15, 0.2) is 0 Å². The Bertz CT molecular complexity index is 949. The number of alkyl halides is 3. The quantitative estimate of drug-likeness (QED) is 0.692. The number of thiophene rings is 1. The van der Waals surface area contributed by atoms with E-state index in [1.807, 2.05) is 40.7 Å². The smallest absolute Gasteiger partial charge is 0.475 e. The van der Waals surface area contributed by atoms with Gasteiger partial charge in [0.05, 0.1) is 25.0 Å². The van der Waals surface area contributed by atoms with Crippen LogP contribution in [0.1, 0.15) is 21.3 Å². The molecule has 0 aromatic carbocycles. The van der Waals surface area contributed by atoms with Gasteiger partial charge in [0.25, 0.3) is 0 Å². The summed E-state index contributed by atoms with van der Waals surface area (Å²) in [5, 5.41) is 11.4. The van der Waals surface area contributed by atoms with E-state index in [0.29, 0.717) is 0 Å². The number of carboxylic acids is 1. The summed E-state index contributed by atoms with van der Waals surface area (Å²) >= 11 is 1.89. The van der Waals surface area contributed by atoms with Crippen molar-refractivity contribution in [2.75, 3.05) is 6.54 Å². The Morgan fingerprint density at radius 1 is 1.28 bits per heavy atom. The van der Waals surface area contributed by atoms with Gasteiger partial charge in [-0.15, -0.1) is 11.3 Å². The van der Waals surface area contributed by atoms with Crippen LogP contribution in [0.5, 0.6) is 0 Å². The van der Waals surface area contributed by atoms with Crippen LogP contribution in [0.4, 0.5) is 13.2 Å². The first-order chi connectivity index (χ1) is 13.7. The highest BCUT2D eigenvalue weighted by Gasteiger charge is 2.38. The maximum Gasteiger partial charge on any atom is 0.490 e. The summed E-state index contributed by atoms with van der Waals surface area (Å²) < 4.78 is 36.0. The molecule has 29 heavy (non-hydrogen) atoms. The van der Waals surface area contributed by atoms with Crippen molar-refractivity contribution < 1.29 is 23.1 Å². The van der Waals surface area contributed by atoms with Gasteiger partial charge < -0.3 is 9.67 Å². The summed E-state index contributed by atoms with van der Waals surface area (Å²) in [5.41, 5.74) is 1.24. The fourth-order valence-corrected chi connectivity index (χ4v) is 3.92. The molecule has 0 spiro atoms. The van der Waals surface area contributed by atoms with E-state index in [0.717, 1.165) is 32.7 Å². The first-order valence-electron chi connectivity index (χ1n) is 8.81. The van der Waals surface area contributed by atoms with Crippen LogP contribution in [0, 0.1) is 6.92 Å². The fourth-order valence-electron chi connectivity index (χ4n) is 2.99. The van der Waals surface area contributed by atoms with E-state index < -0.39 is 12.1 Å². The molecule has 0 saturated heterocycles. The molecule has 7 nitrogen and oxygen atoms in total. The van der Waals surface area contributed by atoms with E-state index >= 15 is 0 Å². The van der Waals surface area contributed by atoms with E-state index in [9.17, 15) is 13.2 Å². The molecule has 3 aromatic heterocycles. The SMILES string of the molecule is Cc1ccc(CN2CCn3c(Cn4cccn4)cnc3C2)s1.O=C(O)C(F)(F)F. The van der Waals surface area contributed by atoms with Gasteiger partial charge in [0, 0.05) is 41.8 Å². The van der Waals surface area contributed by atoms with Crippen molar-refractivity contribution in [3.8, 4) is 0 Å². The van der Waals surface area contributed by atoms with Crippen LogP contribution in [0.25, 0.3) is 0 Å². The highest BCUT2D eigenvalue weighted by molar-refractivity contribution is 7.11. The molecule has 0 unspecified atom stereocenters. The van der Waals surface area contributed by atoms with Gasteiger partial charge in [-0.25, -0.2) is 9.78 Å². The minimum Gasteiger partial charge on any atom is -0.475 e. The lowest BCUT2D eigenvalue weighted by Crippen LogP contribution is -2.34. The van der Waals surface area contributed by atoms with E-state index in [4.69, 9.17) is 9.90 Å². The lowest BCUT2D eigenvalue weighted by atomic mass is 10.3. The maximum absolute atomic E-state index is 10.6. The van der Waals surface area contributed by atoms with E-state index in [2.05, 4.69) is 38.6 Å². The number of aliphatic carboxylic acids is 1. The standard InChI is InChI=1S/C16H19N5S.C2HF3O2/c1-13-3-4-15(22-13)11-19-7-8-21-14(9-17-16(21)12-19)10-20-6-2-5-18-20;3-2(4,5)1(6)7/h2-6,9H,7-8,10-12H2,1H3;(H,6,7). The topological polar surface area (TPSA) is 76.2 Å². The number of carbonyl (C=O) groups is 1. The molecule has 0 saturated carbocycles. The largest absolute Gasteiger partial charge is 0.490 e. The first-order valence-corrected chi connectivity index (χ1v) is 9.62. The van der Waals surface area contributed by atoms with Crippen LogP contribution in [-0.2, 0) is 31.0 Å². The van der Waals surface area contributed by atoms with Gasteiger partial charge in [-0.1, -0.05) is 0 Å². The Morgan fingerprint density at radius 3 is 2.62 bits per heavy atom. The Labute approximate surface area is 169 Å². The summed E-state index contributed by atoms with van der Waals surface area (Å²) in [5.74, 6) is -1.59. The predicted octanol–water partition coefficient (Wildman–Crippen LogP) is 3.15. The van der Waals surface area contributed by atoms with Gasteiger partial charge in [-0.05, 0) is 25.1 Å².